The van der Waals surface area contributed by atoms with Crippen LogP contribution in [0.1, 0.15) is 105 Å². The summed E-state index contributed by atoms with van der Waals surface area (Å²) in [5, 5.41) is 9.15. The number of carboxylic acid groups (broad SMARTS) is 1. The van der Waals surface area contributed by atoms with E-state index in [4.69, 9.17) is 14.9 Å². The van der Waals surface area contributed by atoms with Crippen LogP contribution in [0, 0.1) is 34.5 Å². The zero-order chi connectivity index (χ0) is 22.4. The molecular formula is C27H44O4. The summed E-state index contributed by atoms with van der Waals surface area (Å²) >= 11 is 0. The van der Waals surface area contributed by atoms with Gasteiger partial charge in [-0.2, -0.15) is 0 Å². The van der Waals surface area contributed by atoms with Crippen LogP contribution in [0.4, 0.5) is 0 Å². The van der Waals surface area contributed by atoms with Gasteiger partial charge in [0.1, 0.15) is 6.10 Å². The summed E-state index contributed by atoms with van der Waals surface area (Å²) in [7, 11) is 0. The molecule has 3 saturated carbocycles. The van der Waals surface area contributed by atoms with Crippen LogP contribution in [0.15, 0.2) is 11.6 Å². The first-order valence-electron chi connectivity index (χ1n) is 12.8. The topological polar surface area (TPSA) is 55.8 Å². The molecule has 0 bridgehead atoms. The molecule has 0 heterocycles. The minimum absolute atomic E-state index is 0.0236. The first-order chi connectivity index (χ1) is 14.6. The van der Waals surface area contributed by atoms with Crippen molar-refractivity contribution in [2.24, 2.45) is 34.5 Å². The smallest absolute Gasteiger partial charge is 0.303 e. The van der Waals surface area contributed by atoms with Crippen LogP contribution < -0.4 is 0 Å². The molecule has 7 atom stereocenters. The van der Waals surface area contributed by atoms with Crippen molar-refractivity contribution in [2.75, 3.05) is 0 Å². The van der Waals surface area contributed by atoms with Crippen molar-refractivity contribution in [3.63, 3.8) is 0 Å². The highest BCUT2D eigenvalue weighted by Gasteiger charge is 2.60. The molecule has 31 heavy (non-hydrogen) atoms. The predicted molar refractivity (Wildman–Crippen MR) is 122 cm³/mol. The van der Waals surface area contributed by atoms with E-state index in [1.165, 1.54) is 51.4 Å². The zero-order valence-electron chi connectivity index (χ0n) is 20.4. The van der Waals surface area contributed by atoms with Crippen LogP contribution in [0.3, 0.4) is 0 Å². The molecule has 4 nitrogen and oxygen atoms in total. The van der Waals surface area contributed by atoms with E-state index in [9.17, 15) is 4.79 Å². The van der Waals surface area contributed by atoms with Crippen molar-refractivity contribution in [2.45, 2.75) is 117 Å². The summed E-state index contributed by atoms with van der Waals surface area (Å²) in [6, 6.07) is 0. The van der Waals surface area contributed by atoms with Crippen LogP contribution in [-0.4, -0.2) is 22.8 Å². The maximum absolute atomic E-state index is 11.1. The fourth-order valence-electron chi connectivity index (χ4n) is 7.95. The van der Waals surface area contributed by atoms with Crippen LogP contribution >= 0.6 is 0 Å². The van der Waals surface area contributed by atoms with Crippen LogP contribution in [0.2, 0.25) is 0 Å². The van der Waals surface area contributed by atoms with Gasteiger partial charge < -0.3 is 5.11 Å². The normalized spacial score (nSPS) is 42.4. The van der Waals surface area contributed by atoms with E-state index in [0.29, 0.717) is 23.2 Å². The molecule has 0 spiro atoms. The highest BCUT2D eigenvalue weighted by molar-refractivity contribution is 5.66. The van der Waals surface area contributed by atoms with Gasteiger partial charge in [-0.3, -0.25) is 4.79 Å². The van der Waals surface area contributed by atoms with E-state index in [2.05, 4.69) is 19.9 Å². The molecule has 4 aliphatic rings. The van der Waals surface area contributed by atoms with Gasteiger partial charge in [0.05, 0.1) is 5.60 Å². The number of rotatable bonds is 6. The molecule has 0 aromatic heterocycles. The van der Waals surface area contributed by atoms with Crippen molar-refractivity contribution >= 4 is 5.97 Å². The average molecular weight is 433 g/mol. The minimum Gasteiger partial charge on any atom is -0.481 e. The van der Waals surface area contributed by atoms with Gasteiger partial charge in [-0.05, 0) is 101 Å². The monoisotopic (exact) mass is 432 g/mol. The molecule has 0 aliphatic heterocycles. The lowest BCUT2D eigenvalue weighted by atomic mass is 9.48. The number of hydrogen-bond donors (Lipinski definition) is 1. The lowest BCUT2D eigenvalue weighted by Crippen LogP contribution is -2.53. The molecule has 4 rings (SSSR count). The largest absolute Gasteiger partial charge is 0.481 e. The molecule has 0 saturated heterocycles. The maximum Gasteiger partial charge on any atom is 0.303 e. The van der Waals surface area contributed by atoms with Gasteiger partial charge in [0.15, 0.2) is 0 Å². The summed E-state index contributed by atoms with van der Waals surface area (Å²) in [6.45, 7) is 11.1. The fourth-order valence-corrected chi connectivity index (χ4v) is 7.95. The van der Waals surface area contributed by atoms with E-state index in [0.717, 1.165) is 18.8 Å². The van der Waals surface area contributed by atoms with Crippen LogP contribution in [-0.2, 0) is 14.6 Å². The molecule has 1 N–H and O–H groups in total. The van der Waals surface area contributed by atoms with E-state index >= 15 is 0 Å². The third-order valence-corrected chi connectivity index (χ3v) is 9.56. The van der Waals surface area contributed by atoms with Crippen molar-refractivity contribution in [3.8, 4) is 0 Å². The van der Waals surface area contributed by atoms with Crippen LogP contribution in [0.5, 0.6) is 0 Å². The maximum atomic E-state index is 11.1. The Labute approximate surface area is 189 Å². The van der Waals surface area contributed by atoms with Gasteiger partial charge in [0.2, 0.25) is 0 Å². The molecule has 4 heteroatoms. The van der Waals surface area contributed by atoms with Crippen molar-refractivity contribution in [1.82, 2.24) is 0 Å². The molecular weight excluding hydrogens is 388 g/mol. The number of hydrogen-bond acceptors (Lipinski definition) is 3. The van der Waals surface area contributed by atoms with Crippen molar-refractivity contribution < 1.29 is 19.7 Å². The molecule has 7 unspecified atom stereocenters. The van der Waals surface area contributed by atoms with Gasteiger partial charge in [-0.25, -0.2) is 9.78 Å². The third-order valence-electron chi connectivity index (χ3n) is 9.56. The van der Waals surface area contributed by atoms with Gasteiger partial charge in [-0.15, -0.1) is 0 Å². The number of carboxylic acids is 1. The van der Waals surface area contributed by atoms with Gasteiger partial charge in [0, 0.05) is 11.8 Å². The van der Waals surface area contributed by atoms with Crippen LogP contribution in [0.25, 0.3) is 0 Å². The lowest BCUT2D eigenvalue weighted by molar-refractivity contribution is -0.385. The summed E-state index contributed by atoms with van der Waals surface area (Å²) < 4.78 is 0. The first kappa shape index (κ1) is 23.3. The van der Waals surface area contributed by atoms with E-state index in [-0.39, 0.29) is 23.5 Å². The summed E-state index contributed by atoms with van der Waals surface area (Å²) in [6.07, 6.45) is 15.0. The first-order valence-corrected chi connectivity index (χ1v) is 12.8. The third kappa shape index (κ3) is 4.24. The summed E-state index contributed by atoms with van der Waals surface area (Å²) in [5.74, 6) is 1.93. The second-order valence-electron chi connectivity index (χ2n) is 12.4. The Balaban J connectivity index is 1.66. The molecule has 0 radical (unpaired) electrons. The molecule has 0 aromatic rings. The highest BCUT2D eigenvalue weighted by atomic mass is 17.2. The summed E-state index contributed by atoms with van der Waals surface area (Å²) in [5.41, 5.74) is 1.69. The Morgan fingerprint density at radius 3 is 2.61 bits per heavy atom. The Bertz CT molecular complexity index is 707. The second-order valence-corrected chi connectivity index (χ2v) is 12.4. The zero-order valence-corrected chi connectivity index (χ0v) is 20.4. The van der Waals surface area contributed by atoms with E-state index < -0.39 is 5.97 Å². The fraction of sp³-hybridized carbons (Fsp3) is 0.889. The van der Waals surface area contributed by atoms with Gasteiger partial charge in [-0.1, -0.05) is 38.3 Å². The molecule has 0 aromatic carbocycles. The number of fused-ring (bicyclic) bond motifs is 5. The molecule has 176 valence electrons. The number of aliphatic carboxylic acids is 1. The van der Waals surface area contributed by atoms with E-state index in [1.807, 2.05) is 20.8 Å². The Morgan fingerprint density at radius 1 is 1.13 bits per heavy atom. The predicted octanol–water partition coefficient (Wildman–Crippen LogP) is 6.94. The number of carbonyl (C=O) groups is 1. The van der Waals surface area contributed by atoms with E-state index in [1.54, 1.807) is 5.57 Å². The van der Waals surface area contributed by atoms with Gasteiger partial charge in [0.25, 0.3) is 0 Å². The molecule has 3 fully saturated rings. The SMILES string of the molecule is CC(C)(C)OOC1C=C2C(CCC3CCCCC23C)C2CCC(CCCC(=O)O)C12C. The van der Waals surface area contributed by atoms with Crippen molar-refractivity contribution in [1.29, 1.82) is 0 Å². The standard InChI is InChI=1S/C27H44O4/c1-25(2,3)31-30-23-17-22-20(14-12-18-9-6-7-16-26(18,22)4)21-15-13-19(27(21,23)5)10-8-11-24(28)29/h17-21,23H,6-16H2,1-5H3,(H,28,29). The minimum atomic E-state index is -0.682. The number of allylic oxidation sites excluding steroid dienone is 1. The lowest BCUT2D eigenvalue weighted by Gasteiger charge is -2.57. The Morgan fingerprint density at radius 2 is 1.90 bits per heavy atom. The van der Waals surface area contributed by atoms with Gasteiger partial charge >= 0.3 is 5.97 Å². The quantitative estimate of drug-likeness (QED) is 0.281. The Kier molecular flexibility index (Phi) is 6.37. The average Bonchev–Trinajstić information content (AvgIpc) is 3.02. The Hall–Kier alpha value is -0.870. The molecule has 0 amide bonds. The highest BCUT2D eigenvalue weighted by Crippen LogP contribution is 2.66. The van der Waals surface area contributed by atoms with Crippen molar-refractivity contribution in [3.05, 3.63) is 11.6 Å². The molecule has 4 aliphatic carbocycles. The summed E-state index contributed by atoms with van der Waals surface area (Å²) in [4.78, 5) is 23.4. The second kappa shape index (κ2) is 8.48.